The molecule has 0 saturated carbocycles. The van der Waals surface area contributed by atoms with E-state index in [0.29, 0.717) is 22.6 Å². The molecule has 0 amide bonds. The van der Waals surface area contributed by atoms with E-state index >= 15 is 0 Å². The van der Waals surface area contributed by atoms with Crippen molar-refractivity contribution in [2.24, 2.45) is 0 Å². The fraction of sp³-hybridized carbons (Fsp3) is 0.267. The first-order valence-electron chi connectivity index (χ1n) is 6.23. The molecule has 21 heavy (non-hydrogen) atoms. The monoisotopic (exact) mass is 312 g/mol. The Bertz CT molecular complexity index is 689. The summed E-state index contributed by atoms with van der Waals surface area (Å²) in [7, 11) is 0. The van der Waals surface area contributed by atoms with Gasteiger partial charge in [-0.1, -0.05) is 18.7 Å². The standard InChI is InChI=1S/C15H13F3NOS/c1-9-6-13(14(20)8-21)10(2)19(9)12-5-3-4-11(7-12)15(16,17)18/h3-7H,8H2,1-2H3. The van der Waals surface area contributed by atoms with Crippen LogP contribution in [0.5, 0.6) is 0 Å². The van der Waals surface area contributed by atoms with Gasteiger partial charge in [0, 0.05) is 22.6 Å². The van der Waals surface area contributed by atoms with Crippen LogP contribution in [0.2, 0.25) is 0 Å². The Morgan fingerprint density at radius 1 is 1.24 bits per heavy atom. The van der Waals surface area contributed by atoms with E-state index in [1.165, 1.54) is 6.07 Å². The Morgan fingerprint density at radius 2 is 1.90 bits per heavy atom. The maximum absolute atomic E-state index is 12.8. The van der Waals surface area contributed by atoms with Crippen LogP contribution in [0.3, 0.4) is 0 Å². The molecule has 0 unspecified atom stereocenters. The maximum Gasteiger partial charge on any atom is 0.416 e. The number of ketones is 1. The minimum absolute atomic E-state index is 0.0487. The van der Waals surface area contributed by atoms with Crippen molar-refractivity contribution in [2.75, 3.05) is 5.75 Å². The molecule has 0 aliphatic rings. The Labute approximate surface area is 126 Å². The molecule has 0 saturated heterocycles. The number of halogens is 3. The van der Waals surface area contributed by atoms with Crippen molar-refractivity contribution < 1.29 is 18.0 Å². The smallest absolute Gasteiger partial charge is 0.318 e. The van der Waals surface area contributed by atoms with Gasteiger partial charge in [0.25, 0.3) is 0 Å². The largest absolute Gasteiger partial charge is 0.416 e. The first-order valence-corrected chi connectivity index (χ1v) is 6.81. The van der Waals surface area contributed by atoms with E-state index in [-0.39, 0.29) is 11.5 Å². The molecule has 2 nitrogen and oxygen atoms in total. The van der Waals surface area contributed by atoms with Gasteiger partial charge in [-0.3, -0.25) is 4.79 Å². The molecule has 1 aromatic carbocycles. The van der Waals surface area contributed by atoms with Gasteiger partial charge in [-0.15, -0.1) is 0 Å². The molecule has 0 aliphatic heterocycles. The number of carbonyl (C=O) groups is 1. The van der Waals surface area contributed by atoms with E-state index < -0.39 is 11.7 Å². The highest BCUT2D eigenvalue weighted by molar-refractivity contribution is 7.81. The summed E-state index contributed by atoms with van der Waals surface area (Å²) in [5.74, 6) is -0.247. The van der Waals surface area contributed by atoms with Gasteiger partial charge in [0.2, 0.25) is 0 Å². The van der Waals surface area contributed by atoms with E-state index in [4.69, 9.17) is 12.6 Å². The van der Waals surface area contributed by atoms with Gasteiger partial charge in [0.15, 0.2) is 5.78 Å². The summed E-state index contributed by atoms with van der Waals surface area (Å²) in [6.45, 7) is 3.44. The number of carbonyl (C=O) groups excluding carboxylic acids is 1. The fourth-order valence-electron chi connectivity index (χ4n) is 2.34. The normalized spacial score (nSPS) is 11.7. The number of hydrogen-bond donors (Lipinski definition) is 0. The highest BCUT2D eigenvalue weighted by Gasteiger charge is 2.30. The topological polar surface area (TPSA) is 22.0 Å². The predicted molar refractivity (Wildman–Crippen MR) is 77.0 cm³/mol. The molecule has 111 valence electrons. The number of rotatable bonds is 3. The number of benzene rings is 1. The van der Waals surface area contributed by atoms with E-state index in [1.807, 2.05) is 0 Å². The van der Waals surface area contributed by atoms with Crippen LogP contribution < -0.4 is 0 Å². The summed E-state index contributed by atoms with van der Waals surface area (Å²) < 4.78 is 40.0. The van der Waals surface area contributed by atoms with Crippen molar-refractivity contribution in [2.45, 2.75) is 20.0 Å². The first kappa shape index (κ1) is 15.7. The molecule has 0 N–H and O–H groups in total. The molecule has 1 radical (unpaired) electrons. The molecule has 1 aromatic heterocycles. The summed E-state index contributed by atoms with van der Waals surface area (Å²) >= 11 is 4.75. The third-order valence-corrected chi connectivity index (χ3v) is 3.56. The zero-order valence-electron chi connectivity index (χ0n) is 11.5. The average Bonchev–Trinajstić information content (AvgIpc) is 2.72. The van der Waals surface area contributed by atoms with Gasteiger partial charge in [0.05, 0.1) is 11.3 Å². The number of Topliss-reactive ketones (excluding diaryl/α,β-unsaturated/α-hetero) is 1. The second-order valence-corrected chi connectivity index (χ2v) is 5.02. The summed E-state index contributed by atoms with van der Waals surface area (Å²) in [5.41, 5.74) is 1.41. The molecule has 0 spiro atoms. The van der Waals surface area contributed by atoms with Crippen LogP contribution in [0.1, 0.15) is 27.3 Å². The third kappa shape index (κ3) is 3.00. The van der Waals surface area contributed by atoms with Gasteiger partial charge in [0.1, 0.15) is 0 Å². The zero-order valence-corrected chi connectivity index (χ0v) is 12.3. The Hall–Kier alpha value is -1.69. The highest BCUT2D eigenvalue weighted by atomic mass is 32.1. The molecular weight excluding hydrogens is 299 g/mol. The Morgan fingerprint density at radius 3 is 2.48 bits per heavy atom. The third-order valence-electron chi connectivity index (χ3n) is 3.29. The Balaban J connectivity index is 2.58. The molecule has 0 atom stereocenters. The Kier molecular flexibility index (Phi) is 4.18. The second-order valence-electron chi connectivity index (χ2n) is 4.74. The number of alkyl halides is 3. The zero-order chi connectivity index (χ0) is 15.8. The summed E-state index contributed by atoms with van der Waals surface area (Å²) in [4.78, 5) is 11.8. The van der Waals surface area contributed by atoms with Crippen LogP contribution in [0.25, 0.3) is 5.69 Å². The lowest BCUT2D eigenvalue weighted by molar-refractivity contribution is -0.137. The van der Waals surface area contributed by atoms with E-state index in [0.717, 1.165) is 12.1 Å². The van der Waals surface area contributed by atoms with E-state index in [9.17, 15) is 18.0 Å². The molecular formula is C15H13F3NOS. The molecule has 1 heterocycles. The van der Waals surface area contributed by atoms with Crippen molar-refractivity contribution in [3.63, 3.8) is 0 Å². The van der Waals surface area contributed by atoms with Crippen LogP contribution in [0.4, 0.5) is 13.2 Å². The molecule has 2 rings (SSSR count). The van der Waals surface area contributed by atoms with Crippen molar-refractivity contribution in [3.05, 3.63) is 52.8 Å². The summed E-state index contributed by atoms with van der Waals surface area (Å²) in [6.07, 6.45) is -4.40. The van der Waals surface area contributed by atoms with Crippen molar-refractivity contribution in [1.29, 1.82) is 0 Å². The molecule has 0 aliphatic carbocycles. The maximum atomic E-state index is 12.8. The van der Waals surface area contributed by atoms with E-state index in [1.54, 1.807) is 30.5 Å². The molecule has 6 heteroatoms. The predicted octanol–water partition coefficient (Wildman–Crippen LogP) is 4.49. The van der Waals surface area contributed by atoms with Gasteiger partial charge in [-0.2, -0.15) is 13.2 Å². The quantitative estimate of drug-likeness (QED) is 0.765. The van der Waals surface area contributed by atoms with Crippen LogP contribution in [-0.4, -0.2) is 16.1 Å². The van der Waals surface area contributed by atoms with E-state index in [2.05, 4.69) is 0 Å². The molecule has 0 bridgehead atoms. The van der Waals surface area contributed by atoms with Crippen molar-refractivity contribution in [3.8, 4) is 5.69 Å². The van der Waals surface area contributed by atoms with Crippen LogP contribution in [0, 0.1) is 13.8 Å². The summed E-state index contributed by atoms with van der Waals surface area (Å²) in [5, 5.41) is 0. The van der Waals surface area contributed by atoms with Gasteiger partial charge in [-0.05, 0) is 38.1 Å². The van der Waals surface area contributed by atoms with Crippen molar-refractivity contribution in [1.82, 2.24) is 4.57 Å². The number of hydrogen-bond acceptors (Lipinski definition) is 1. The molecule has 0 fully saturated rings. The average molecular weight is 312 g/mol. The fourth-order valence-corrected chi connectivity index (χ4v) is 2.50. The lowest BCUT2D eigenvalue weighted by Gasteiger charge is -2.13. The minimum Gasteiger partial charge on any atom is -0.318 e. The van der Waals surface area contributed by atoms with Gasteiger partial charge >= 0.3 is 6.18 Å². The van der Waals surface area contributed by atoms with Gasteiger partial charge < -0.3 is 4.57 Å². The van der Waals surface area contributed by atoms with Gasteiger partial charge in [-0.25, -0.2) is 0 Å². The minimum atomic E-state index is -4.40. The molecule has 2 aromatic rings. The summed E-state index contributed by atoms with van der Waals surface area (Å²) in [6, 6.07) is 6.68. The van der Waals surface area contributed by atoms with Crippen LogP contribution in [0.15, 0.2) is 30.3 Å². The first-order chi connectivity index (χ1) is 9.75. The van der Waals surface area contributed by atoms with Crippen molar-refractivity contribution >= 4 is 18.4 Å². The lowest BCUT2D eigenvalue weighted by Crippen LogP contribution is -2.08. The number of aromatic nitrogens is 1. The number of nitrogens with zero attached hydrogens (tertiary/aromatic N) is 1. The number of aryl methyl sites for hydroxylation is 1. The van der Waals surface area contributed by atoms with Crippen LogP contribution in [-0.2, 0) is 6.18 Å². The SMILES string of the molecule is Cc1cc(C(=O)C[S])c(C)n1-c1cccc(C(F)(F)F)c1. The lowest BCUT2D eigenvalue weighted by atomic mass is 10.1. The second kappa shape index (κ2) is 5.60. The van der Waals surface area contributed by atoms with Crippen LogP contribution >= 0.6 is 12.6 Å². The highest BCUT2D eigenvalue weighted by Crippen LogP contribution is 2.31.